The third-order valence-corrected chi connectivity index (χ3v) is 4.12. The maximum Gasteiger partial charge on any atom is 0.200 e. The average Bonchev–Trinajstić information content (AvgIpc) is 2.71. The fourth-order valence-electron chi connectivity index (χ4n) is 2.74. The summed E-state index contributed by atoms with van der Waals surface area (Å²) in [5.74, 6) is 0.200. The van der Waals surface area contributed by atoms with Crippen LogP contribution >= 0.6 is 11.6 Å². The van der Waals surface area contributed by atoms with E-state index < -0.39 is 0 Å². The standard InChI is InChI=1S/C18H17ClN2O/c1-11-8-12(2)17(15(19)9-11)20-10-14-13-6-4-5-7-16(13)21(3)18(14)22/h4-10,22H,1-3H3. The van der Waals surface area contributed by atoms with Crippen molar-refractivity contribution in [3.05, 3.63) is 58.1 Å². The molecule has 0 atom stereocenters. The predicted molar refractivity (Wildman–Crippen MR) is 92.8 cm³/mol. The molecular formula is C18H17ClN2O. The Morgan fingerprint density at radius 2 is 1.91 bits per heavy atom. The molecule has 0 radical (unpaired) electrons. The maximum absolute atomic E-state index is 10.3. The molecule has 2 aromatic carbocycles. The van der Waals surface area contributed by atoms with Crippen LogP contribution in [0.15, 0.2) is 41.4 Å². The first kappa shape index (κ1) is 14.7. The van der Waals surface area contributed by atoms with E-state index in [-0.39, 0.29) is 5.88 Å². The van der Waals surface area contributed by atoms with Crippen LogP contribution in [0.4, 0.5) is 5.69 Å². The molecule has 0 aliphatic heterocycles. The molecule has 0 unspecified atom stereocenters. The molecule has 0 saturated carbocycles. The van der Waals surface area contributed by atoms with E-state index in [0.29, 0.717) is 10.6 Å². The van der Waals surface area contributed by atoms with E-state index in [0.717, 1.165) is 27.7 Å². The molecule has 112 valence electrons. The van der Waals surface area contributed by atoms with E-state index in [2.05, 4.69) is 4.99 Å². The number of hydrogen-bond donors (Lipinski definition) is 1. The lowest BCUT2D eigenvalue weighted by molar-refractivity contribution is 0.434. The first-order chi connectivity index (χ1) is 10.5. The van der Waals surface area contributed by atoms with Crippen LogP contribution in [-0.4, -0.2) is 15.9 Å². The monoisotopic (exact) mass is 312 g/mol. The molecule has 0 saturated heterocycles. The molecule has 22 heavy (non-hydrogen) atoms. The Morgan fingerprint density at radius 1 is 1.18 bits per heavy atom. The largest absolute Gasteiger partial charge is 0.494 e. The van der Waals surface area contributed by atoms with Gasteiger partial charge in [0.05, 0.1) is 21.8 Å². The summed E-state index contributed by atoms with van der Waals surface area (Å²) in [6, 6.07) is 11.8. The second kappa shape index (κ2) is 5.50. The van der Waals surface area contributed by atoms with Gasteiger partial charge in [-0.2, -0.15) is 0 Å². The zero-order valence-electron chi connectivity index (χ0n) is 12.8. The Labute approximate surface area is 134 Å². The highest BCUT2D eigenvalue weighted by Gasteiger charge is 2.12. The normalized spacial score (nSPS) is 11.6. The van der Waals surface area contributed by atoms with Gasteiger partial charge in [-0.15, -0.1) is 0 Å². The van der Waals surface area contributed by atoms with E-state index in [1.165, 1.54) is 0 Å². The molecule has 0 aliphatic rings. The molecule has 0 aliphatic carbocycles. The lowest BCUT2D eigenvalue weighted by Crippen LogP contribution is -1.86. The number of fused-ring (bicyclic) bond motifs is 1. The van der Waals surface area contributed by atoms with E-state index in [1.807, 2.05) is 57.3 Å². The number of halogens is 1. The minimum Gasteiger partial charge on any atom is -0.494 e. The van der Waals surface area contributed by atoms with Crippen molar-refractivity contribution < 1.29 is 5.11 Å². The Balaban J connectivity index is 2.13. The van der Waals surface area contributed by atoms with Gasteiger partial charge in [-0.3, -0.25) is 4.99 Å². The molecule has 3 nitrogen and oxygen atoms in total. The Kier molecular flexibility index (Phi) is 3.67. The van der Waals surface area contributed by atoms with Crippen LogP contribution in [0.25, 0.3) is 10.9 Å². The molecule has 1 aromatic heterocycles. The molecule has 3 rings (SSSR count). The van der Waals surface area contributed by atoms with Crippen molar-refractivity contribution in [1.29, 1.82) is 0 Å². The van der Waals surface area contributed by atoms with Crippen molar-refractivity contribution in [2.45, 2.75) is 13.8 Å². The molecule has 0 spiro atoms. The number of para-hydroxylation sites is 1. The number of aromatic hydroxyl groups is 1. The first-order valence-corrected chi connectivity index (χ1v) is 7.44. The van der Waals surface area contributed by atoms with Crippen molar-refractivity contribution in [3.8, 4) is 5.88 Å². The smallest absolute Gasteiger partial charge is 0.200 e. The Hall–Kier alpha value is -2.26. The molecular weight excluding hydrogens is 296 g/mol. The van der Waals surface area contributed by atoms with E-state index in [9.17, 15) is 5.11 Å². The van der Waals surface area contributed by atoms with Gasteiger partial charge in [0.25, 0.3) is 0 Å². The van der Waals surface area contributed by atoms with Gasteiger partial charge in [0, 0.05) is 18.6 Å². The minimum atomic E-state index is 0.200. The molecule has 0 fully saturated rings. The summed E-state index contributed by atoms with van der Waals surface area (Å²) in [5.41, 5.74) is 4.53. The third kappa shape index (κ3) is 2.38. The van der Waals surface area contributed by atoms with Crippen molar-refractivity contribution in [1.82, 2.24) is 4.57 Å². The van der Waals surface area contributed by atoms with Gasteiger partial charge in [0.1, 0.15) is 0 Å². The number of benzene rings is 2. The molecule has 3 aromatic rings. The Bertz CT molecular complexity index is 870. The van der Waals surface area contributed by atoms with Crippen LogP contribution in [0.5, 0.6) is 5.88 Å². The summed E-state index contributed by atoms with van der Waals surface area (Å²) in [7, 11) is 1.83. The highest BCUT2D eigenvalue weighted by Crippen LogP contribution is 2.32. The van der Waals surface area contributed by atoms with Crippen molar-refractivity contribution >= 4 is 34.4 Å². The molecule has 0 amide bonds. The SMILES string of the molecule is Cc1cc(C)c(N=Cc2c(O)n(C)c3ccccc23)c(Cl)c1. The average molecular weight is 313 g/mol. The quantitative estimate of drug-likeness (QED) is 0.671. The van der Waals surface area contributed by atoms with E-state index >= 15 is 0 Å². The lowest BCUT2D eigenvalue weighted by Gasteiger charge is -2.04. The highest BCUT2D eigenvalue weighted by molar-refractivity contribution is 6.33. The summed E-state index contributed by atoms with van der Waals surface area (Å²) in [5, 5.41) is 11.9. The lowest BCUT2D eigenvalue weighted by atomic mass is 10.1. The zero-order chi connectivity index (χ0) is 15.9. The number of hydrogen-bond acceptors (Lipinski definition) is 2. The van der Waals surface area contributed by atoms with Crippen LogP contribution in [-0.2, 0) is 7.05 Å². The van der Waals surface area contributed by atoms with Gasteiger partial charge in [-0.1, -0.05) is 35.9 Å². The highest BCUT2D eigenvalue weighted by atomic mass is 35.5. The summed E-state index contributed by atoms with van der Waals surface area (Å²) >= 11 is 6.28. The van der Waals surface area contributed by atoms with Crippen LogP contribution in [0.1, 0.15) is 16.7 Å². The van der Waals surface area contributed by atoms with Gasteiger partial charge < -0.3 is 9.67 Å². The fraction of sp³-hybridized carbons (Fsp3) is 0.167. The molecule has 1 heterocycles. The molecule has 1 N–H and O–H groups in total. The Morgan fingerprint density at radius 3 is 2.64 bits per heavy atom. The number of aryl methyl sites for hydroxylation is 3. The number of aromatic nitrogens is 1. The number of nitrogens with zero attached hydrogens (tertiary/aromatic N) is 2. The van der Waals surface area contributed by atoms with Gasteiger partial charge in [0.15, 0.2) is 0 Å². The minimum absolute atomic E-state index is 0.200. The van der Waals surface area contributed by atoms with Crippen LogP contribution in [0.3, 0.4) is 0 Å². The zero-order valence-corrected chi connectivity index (χ0v) is 13.5. The topological polar surface area (TPSA) is 37.5 Å². The van der Waals surface area contributed by atoms with Crippen molar-refractivity contribution in [2.24, 2.45) is 12.0 Å². The van der Waals surface area contributed by atoms with E-state index in [4.69, 9.17) is 11.6 Å². The van der Waals surface area contributed by atoms with Gasteiger partial charge in [-0.05, 0) is 37.1 Å². The van der Waals surface area contributed by atoms with Gasteiger partial charge in [-0.25, -0.2) is 0 Å². The second-order valence-electron chi connectivity index (χ2n) is 5.48. The predicted octanol–water partition coefficient (Wildman–Crippen LogP) is 4.90. The summed E-state index contributed by atoms with van der Waals surface area (Å²) in [6.07, 6.45) is 1.68. The van der Waals surface area contributed by atoms with E-state index in [1.54, 1.807) is 10.8 Å². The molecule has 0 bridgehead atoms. The van der Waals surface area contributed by atoms with Crippen molar-refractivity contribution in [3.63, 3.8) is 0 Å². The van der Waals surface area contributed by atoms with Crippen molar-refractivity contribution in [2.75, 3.05) is 0 Å². The summed E-state index contributed by atoms with van der Waals surface area (Å²) in [4.78, 5) is 4.51. The van der Waals surface area contributed by atoms with Gasteiger partial charge in [0.2, 0.25) is 5.88 Å². The van der Waals surface area contributed by atoms with Crippen LogP contribution in [0.2, 0.25) is 5.02 Å². The van der Waals surface area contributed by atoms with Crippen LogP contribution in [0, 0.1) is 13.8 Å². The summed E-state index contributed by atoms with van der Waals surface area (Å²) < 4.78 is 1.75. The first-order valence-electron chi connectivity index (χ1n) is 7.06. The second-order valence-corrected chi connectivity index (χ2v) is 5.89. The van der Waals surface area contributed by atoms with Gasteiger partial charge >= 0.3 is 0 Å². The fourth-order valence-corrected chi connectivity index (χ4v) is 3.11. The summed E-state index contributed by atoms with van der Waals surface area (Å²) in [6.45, 7) is 3.98. The molecule has 4 heteroatoms. The number of aliphatic imine (C=N–C) groups is 1. The third-order valence-electron chi connectivity index (χ3n) is 3.84. The van der Waals surface area contributed by atoms with Crippen LogP contribution < -0.4 is 0 Å². The maximum atomic E-state index is 10.3. The number of rotatable bonds is 2.